The number of hydrogen-bond donors (Lipinski definition) is 1. The Morgan fingerprint density at radius 2 is 1.80 bits per heavy atom. The molecule has 1 N–H and O–H groups in total. The molecular formula is C20H24N2O3. The number of rotatable bonds is 6. The summed E-state index contributed by atoms with van der Waals surface area (Å²) in [5.41, 5.74) is 1.85. The zero-order valence-electron chi connectivity index (χ0n) is 14.7. The standard InChI is InChI=1S/C20H24N2O3/c1-24-18-10-16(11-19(12-18)25-2)20(23)21-17-8-9-22(14-17)13-15-6-4-3-5-7-15/h3-7,10-12,17H,8-9,13-14H2,1-2H3,(H,21,23)/t17-/m1/s1. The minimum Gasteiger partial charge on any atom is -0.497 e. The van der Waals surface area contributed by atoms with E-state index < -0.39 is 0 Å². The van der Waals surface area contributed by atoms with Crippen LogP contribution in [0.25, 0.3) is 0 Å². The van der Waals surface area contributed by atoms with E-state index in [4.69, 9.17) is 9.47 Å². The zero-order valence-corrected chi connectivity index (χ0v) is 14.7. The third kappa shape index (κ3) is 4.51. The number of hydrogen-bond acceptors (Lipinski definition) is 4. The Morgan fingerprint density at radius 3 is 2.44 bits per heavy atom. The summed E-state index contributed by atoms with van der Waals surface area (Å²) in [6.45, 7) is 2.77. The van der Waals surface area contributed by atoms with Gasteiger partial charge >= 0.3 is 0 Å². The largest absolute Gasteiger partial charge is 0.497 e. The normalized spacial score (nSPS) is 17.3. The number of nitrogens with zero attached hydrogens (tertiary/aromatic N) is 1. The fraction of sp³-hybridized carbons (Fsp3) is 0.350. The molecule has 132 valence electrons. The highest BCUT2D eigenvalue weighted by Gasteiger charge is 2.24. The number of likely N-dealkylation sites (tertiary alicyclic amines) is 1. The van der Waals surface area contributed by atoms with Crippen molar-refractivity contribution in [1.29, 1.82) is 0 Å². The Kier molecular flexibility index (Phi) is 5.56. The molecule has 1 aliphatic heterocycles. The van der Waals surface area contributed by atoms with Gasteiger partial charge in [-0.3, -0.25) is 9.69 Å². The van der Waals surface area contributed by atoms with Crippen LogP contribution < -0.4 is 14.8 Å². The first-order valence-electron chi connectivity index (χ1n) is 8.48. The van der Waals surface area contributed by atoms with Gasteiger partial charge in [0.2, 0.25) is 0 Å². The van der Waals surface area contributed by atoms with Gasteiger partial charge in [0.15, 0.2) is 0 Å². The third-order valence-corrected chi connectivity index (χ3v) is 4.47. The lowest BCUT2D eigenvalue weighted by molar-refractivity contribution is 0.0937. The monoisotopic (exact) mass is 340 g/mol. The molecule has 5 nitrogen and oxygen atoms in total. The van der Waals surface area contributed by atoms with Crippen LogP contribution in [0, 0.1) is 0 Å². The summed E-state index contributed by atoms with van der Waals surface area (Å²) >= 11 is 0. The molecule has 0 radical (unpaired) electrons. The molecular weight excluding hydrogens is 316 g/mol. The highest BCUT2D eigenvalue weighted by atomic mass is 16.5. The summed E-state index contributed by atoms with van der Waals surface area (Å²) in [4.78, 5) is 14.9. The van der Waals surface area contributed by atoms with Gasteiger partial charge in [0.05, 0.1) is 14.2 Å². The second kappa shape index (κ2) is 8.03. The molecule has 1 saturated heterocycles. The lowest BCUT2D eigenvalue weighted by Gasteiger charge is -2.17. The quantitative estimate of drug-likeness (QED) is 0.878. The van der Waals surface area contributed by atoms with E-state index in [1.807, 2.05) is 6.07 Å². The van der Waals surface area contributed by atoms with Gasteiger partial charge in [0.1, 0.15) is 11.5 Å². The zero-order chi connectivity index (χ0) is 17.6. The van der Waals surface area contributed by atoms with E-state index in [-0.39, 0.29) is 11.9 Å². The Hall–Kier alpha value is -2.53. The molecule has 1 aliphatic rings. The molecule has 1 amide bonds. The summed E-state index contributed by atoms with van der Waals surface area (Å²) in [6, 6.07) is 15.8. The summed E-state index contributed by atoms with van der Waals surface area (Å²) in [5.74, 6) is 1.13. The van der Waals surface area contributed by atoms with Gasteiger partial charge < -0.3 is 14.8 Å². The van der Waals surface area contributed by atoms with Crippen molar-refractivity contribution >= 4 is 5.91 Å². The minimum absolute atomic E-state index is 0.0937. The van der Waals surface area contributed by atoms with Crippen LogP contribution in [0.5, 0.6) is 11.5 Å². The summed E-state index contributed by atoms with van der Waals surface area (Å²) < 4.78 is 10.5. The van der Waals surface area contributed by atoms with E-state index in [9.17, 15) is 4.79 Å². The molecule has 0 saturated carbocycles. The molecule has 25 heavy (non-hydrogen) atoms. The lowest BCUT2D eigenvalue weighted by Crippen LogP contribution is -2.37. The first kappa shape index (κ1) is 17.3. The number of nitrogens with one attached hydrogen (secondary N) is 1. The van der Waals surface area contributed by atoms with Crippen LogP contribution in [0.3, 0.4) is 0 Å². The number of methoxy groups -OCH3 is 2. The lowest BCUT2D eigenvalue weighted by atomic mass is 10.1. The van der Waals surface area contributed by atoms with E-state index >= 15 is 0 Å². The first-order valence-corrected chi connectivity index (χ1v) is 8.48. The van der Waals surface area contributed by atoms with Crippen LogP contribution in [-0.2, 0) is 6.54 Å². The van der Waals surface area contributed by atoms with Gasteiger partial charge in [0.25, 0.3) is 5.91 Å². The minimum atomic E-state index is -0.0937. The molecule has 1 atom stereocenters. The molecule has 0 unspecified atom stereocenters. The Morgan fingerprint density at radius 1 is 1.12 bits per heavy atom. The second-order valence-corrected chi connectivity index (χ2v) is 6.28. The fourth-order valence-electron chi connectivity index (χ4n) is 3.14. The van der Waals surface area contributed by atoms with Crippen LogP contribution >= 0.6 is 0 Å². The van der Waals surface area contributed by atoms with Crippen LogP contribution in [0.15, 0.2) is 48.5 Å². The van der Waals surface area contributed by atoms with E-state index in [2.05, 4.69) is 34.5 Å². The Labute approximate surface area is 148 Å². The summed E-state index contributed by atoms with van der Waals surface area (Å²) in [7, 11) is 3.16. The van der Waals surface area contributed by atoms with Crippen molar-refractivity contribution in [3.05, 3.63) is 59.7 Å². The first-order chi connectivity index (χ1) is 12.2. The maximum absolute atomic E-state index is 12.6. The van der Waals surface area contributed by atoms with Gasteiger partial charge in [-0.25, -0.2) is 0 Å². The maximum Gasteiger partial charge on any atom is 0.251 e. The maximum atomic E-state index is 12.6. The van der Waals surface area contributed by atoms with E-state index in [1.165, 1.54) is 5.56 Å². The van der Waals surface area contributed by atoms with Crippen LogP contribution in [0.1, 0.15) is 22.3 Å². The van der Waals surface area contributed by atoms with Gasteiger partial charge in [-0.1, -0.05) is 30.3 Å². The van der Waals surface area contributed by atoms with Crippen molar-refractivity contribution in [2.45, 2.75) is 19.0 Å². The predicted octanol–water partition coefficient (Wildman–Crippen LogP) is 2.71. The number of ether oxygens (including phenoxy) is 2. The van der Waals surface area contributed by atoms with Gasteiger partial charge in [-0.15, -0.1) is 0 Å². The highest BCUT2D eigenvalue weighted by Crippen LogP contribution is 2.23. The molecule has 0 spiro atoms. The van der Waals surface area contributed by atoms with E-state index in [0.29, 0.717) is 17.1 Å². The fourth-order valence-corrected chi connectivity index (χ4v) is 3.14. The summed E-state index contributed by atoms with van der Waals surface area (Å²) in [6.07, 6.45) is 0.958. The Balaban J connectivity index is 1.59. The van der Waals surface area contributed by atoms with Crippen molar-refractivity contribution in [2.75, 3.05) is 27.3 Å². The van der Waals surface area contributed by atoms with Gasteiger partial charge in [0, 0.05) is 37.3 Å². The van der Waals surface area contributed by atoms with Crippen molar-refractivity contribution in [3.8, 4) is 11.5 Å². The molecule has 1 heterocycles. The number of benzene rings is 2. The van der Waals surface area contributed by atoms with Gasteiger partial charge in [-0.05, 0) is 24.1 Å². The highest BCUT2D eigenvalue weighted by molar-refractivity contribution is 5.95. The van der Waals surface area contributed by atoms with Crippen molar-refractivity contribution in [1.82, 2.24) is 10.2 Å². The molecule has 0 aliphatic carbocycles. The number of carbonyl (C=O) groups is 1. The molecule has 2 aromatic carbocycles. The van der Waals surface area contributed by atoms with Crippen LogP contribution in [0.2, 0.25) is 0 Å². The van der Waals surface area contributed by atoms with Crippen LogP contribution in [0.4, 0.5) is 0 Å². The van der Waals surface area contributed by atoms with E-state index in [1.54, 1.807) is 32.4 Å². The molecule has 2 aromatic rings. The summed E-state index contributed by atoms with van der Waals surface area (Å²) in [5, 5.41) is 3.12. The average Bonchev–Trinajstić information content (AvgIpc) is 3.08. The second-order valence-electron chi connectivity index (χ2n) is 6.28. The SMILES string of the molecule is COc1cc(OC)cc(C(=O)N[C@@H]2CCN(Cc3ccccc3)C2)c1. The average molecular weight is 340 g/mol. The molecule has 5 heteroatoms. The van der Waals surface area contributed by atoms with Crippen LogP contribution in [-0.4, -0.2) is 44.2 Å². The smallest absolute Gasteiger partial charge is 0.251 e. The van der Waals surface area contributed by atoms with Gasteiger partial charge in [-0.2, -0.15) is 0 Å². The van der Waals surface area contributed by atoms with Crippen molar-refractivity contribution in [2.24, 2.45) is 0 Å². The van der Waals surface area contributed by atoms with Crippen molar-refractivity contribution in [3.63, 3.8) is 0 Å². The predicted molar refractivity (Wildman–Crippen MR) is 97.1 cm³/mol. The van der Waals surface area contributed by atoms with E-state index in [0.717, 1.165) is 26.1 Å². The topological polar surface area (TPSA) is 50.8 Å². The molecule has 0 bridgehead atoms. The number of amides is 1. The molecule has 3 rings (SSSR count). The molecule has 1 fully saturated rings. The van der Waals surface area contributed by atoms with Crippen molar-refractivity contribution < 1.29 is 14.3 Å². The molecule has 0 aromatic heterocycles. The number of carbonyl (C=O) groups excluding carboxylic acids is 1. The Bertz CT molecular complexity index is 696. The third-order valence-electron chi connectivity index (χ3n) is 4.47.